The summed E-state index contributed by atoms with van der Waals surface area (Å²) in [5.74, 6) is -0.277. The lowest BCUT2D eigenvalue weighted by molar-refractivity contribution is -0.141. The lowest BCUT2D eigenvalue weighted by Crippen LogP contribution is -2.27. The third kappa shape index (κ3) is 2.71. The fraction of sp³-hybridized carbons (Fsp3) is 0.214. The van der Waals surface area contributed by atoms with E-state index in [9.17, 15) is 4.79 Å². The second kappa shape index (κ2) is 5.40. The molecule has 0 saturated heterocycles. The number of carbonyl (C=O) groups is 1. The van der Waals surface area contributed by atoms with E-state index in [4.69, 9.17) is 0 Å². The zero-order chi connectivity index (χ0) is 13.0. The second-order valence-electron chi connectivity index (χ2n) is 4.03. The van der Waals surface area contributed by atoms with Gasteiger partial charge >= 0.3 is 5.97 Å². The van der Waals surface area contributed by atoms with Gasteiger partial charge in [-0.25, -0.2) is 4.79 Å². The summed E-state index contributed by atoms with van der Waals surface area (Å²) in [6, 6.07) is 11.4. The molecule has 2 rings (SSSR count). The minimum atomic E-state index is -0.366. The van der Waals surface area contributed by atoms with Gasteiger partial charge in [0.1, 0.15) is 6.04 Å². The van der Waals surface area contributed by atoms with Crippen LogP contribution in [0.2, 0.25) is 0 Å². The number of carbonyl (C=O) groups excluding carboxylic acids is 1. The number of anilines is 1. The molecule has 0 bridgehead atoms. The highest BCUT2D eigenvalue weighted by Gasteiger charge is 2.12. The molecule has 0 aliphatic carbocycles. The zero-order valence-electron chi connectivity index (χ0n) is 10.5. The Labute approximate surface area is 106 Å². The van der Waals surface area contributed by atoms with Crippen molar-refractivity contribution < 1.29 is 9.53 Å². The summed E-state index contributed by atoms with van der Waals surface area (Å²) in [6.45, 7) is 1.77. The number of ether oxygens (including phenoxy) is 1. The van der Waals surface area contributed by atoms with Gasteiger partial charge in [-0.15, -0.1) is 0 Å². The smallest absolute Gasteiger partial charge is 0.327 e. The van der Waals surface area contributed by atoms with Crippen LogP contribution in [0.15, 0.2) is 48.8 Å². The lowest BCUT2D eigenvalue weighted by atomic mass is 10.2. The van der Waals surface area contributed by atoms with Crippen molar-refractivity contribution in [1.29, 1.82) is 0 Å². The molecular weight excluding hydrogens is 228 g/mol. The van der Waals surface area contributed by atoms with Crippen LogP contribution in [0.1, 0.15) is 6.92 Å². The molecular formula is C14H16N2O2. The van der Waals surface area contributed by atoms with Crippen molar-refractivity contribution in [1.82, 2.24) is 4.57 Å². The maximum absolute atomic E-state index is 11.3. The largest absolute Gasteiger partial charge is 0.467 e. The van der Waals surface area contributed by atoms with Crippen LogP contribution < -0.4 is 5.32 Å². The number of methoxy groups -OCH3 is 1. The van der Waals surface area contributed by atoms with Crippen molar-refractivity contribution >= 4 is 11.7 Å². The van der Waals surface area contributed by atoms with E-state index < -0.39 is 0 Å². The van der Waals surface area contributed by atoms with Gasteiger partial charge in [-0.3, -0.25) is 0 Å². The van der Waals surface area contributed by atoms with E-state index in [2.05, 4.69) is 10.1 Å². The summed E-state index contributed by atoms with van der Waals surface area (Å²) in [5, 5.41) is 3.11. The molecule has 1 aromatic heterocycles. The van der Waals surface area contributed by atoms with Crippen molar-refractivity contribution in [2.75, 3.05) is 12.4 Å². The molecule has 1 atom stereocenters. The van der Waals surface area contributed by atoms with Crippen LogP contribution in [0.3, 0.4) is 0 Å². The first-order valence-corrected chi connectivity index (χ1v) is 5.78. The SMILES string of the molecule is COC(=O)C(C)Nc1cccc(-n2cccc2)c1. The molecule has 1 heterocycles. The summed E-state index contributed by atoms with van der Waals surface area (Å²) in [7, 11) is 1.39. The van der Waals surface area contributed by atoms with Gasteiger partial charge in [0.2, 0.25) is 0 Å². The number of hydrogen-bond acceptors (Lipinski definition) is 3. The lowest BCUT2D eigenvalue weighted by Gasteiger charge is -2.14. The van der Waals surface area contributed by atoms with Gasteiger partial charge in [-0.1, -0.05) is 6.07 Å². The Bertz CT molecular complexity index is 520. The number of hydrogen-bond donors (Lipinski definition) is 1. The Morgan fingerprint density at radius 3 is 2.67 bits per heavy atom. The Balaban J connectivity index is 2.15. The molecule has 4 nitrogen and oxygen atoms in total. The summed E-state index contributed by atoms with van der Waals surface area (Å²) < 4.78 is 6.69. The van der Waals surface area contributed by atoms with Gasteiger partial charge in [0, 0.05) is 23.8 Å². The van der Waals surface area contributed by atoms with E-state index in [0.717, 1.165) is 11.4 Å². The average Bonchev–Trinajstić information content (AvgIpc) is 2.92. The molecule has 0 aliphatic heterocycles. The highest BCUT2D eigenvalue weighted by molar-refractivity contribution is 5.78. The Kier molecular flexibility index (Phi) is 3.67. The van der Waals surface area contributed by atoms with E-state index in [-0.39, 0.29) is 12.0 Å². The zero-order valence-corrected chi connectivity index (χ0v) is 10.5. The highest BCUT2D eigenvalue weighted by Crippen LogP contribution is 2.15. The van der Waals surface area contributed by atoms with E-state index in [1.54, 1.807) is 6.92 Å². The van der Waals surface area contributed by atoms with Gasteiger partial charge in [0.25, 0.3) is 0 Å². The predicted octanol–water partition coefficient (Wildman–Crippen LogP) is 2.45. The van der Waals surface area contributed by atoms with Crippen molar-refractivity contribution in [2.45, 2.75) is 13.0 Å². The Morgan fingerprint density at radius 2 is 2.00 bits per heavy atom. The Hall–Kier alpha value is -2.23. The quantitative estimate of drug-likeness (QED) is 0.840. The van der Waals surface area contributed by atoms with Crippen LogP contribution in [0.25, 0.3) is 5.69 Å². The number of nitrogens with one attached hydrogen (secondary N) is 1. The maximum atomic E-state index is 11.3. The van der Waals surface area contributed by atoms with Gasteiger partial charge in [-0.2, -0.15) is 0 Å². The van der Waals surface area contributed by atoms with Gasteiger partial charge < -0.3 is 14.6 Å². The monoisotopic (exact) mass is 244 g/mol. The third-order valence-electron chi connectivity index (χ3n) is 2.69. The van der Waals surface area contributed by atoms with Crippen molar-refractivity contribution in [3.05, 3.63) is 48.8 Å². The molecule has 2 aromatic rings. The number of nitrogens with zero attached hydrogens (tertiary/aromatic N) is 1. The standard InChI is InChI=1S/C14H16N2O2/c1-11(14(17)18-2)15-12-6-5-7-13(10-12)16-8-3-4-9-16/h3-11,15H,1-2H3. The molecule has 94 valence electrons. The first kappa shape index (κ1) is 12.2. The fourth-order valence-corrected chi connectivity index (χ4v) is 1.75. The Morgan fingerprint density at radius 1 is 1.28 bits per heavy atom. The molecule has 1 aromatic carbocycles. The summed E-state index contributed by atoms with van der Waals surface area (Å²) in [6.07, 6.45) is 3.95. The molecule has 0 amide bonds. The van der Waals surface area contributed by atoms with Gasteiger partial charge in [-0.05, 0) is 37.3 Å². The second-order valence-corrected chi connectivity index (χ2v) is 4.03. The number of esters is 1. The first-order valence-electron chi connectivity index (χ1n) is 5.78. The molecule has 1 N–H and O–H groups in total. The molecule has 18 heavy (non-hydrogen) atoms. The normalized spacial score (nSPS) is 11.9. The molecule has 1 unspecified atom stereocenters. The molecule has 0 saturated carbocycles. The van der Waals surface area contributed by atoms with E-state index in [1.807, 2.05) is 53.4 Å². The van der Waals surface area contributed by atoms with Crippen LogP contribution >= 0.6 is 0 Å². The van der Waals surface area contributed by atoms with Crippen LogP contribution in [0.5, 0.6) is 0 Å². The average molecular weight is 244 g/mol. The topological polar surface area (TPSA) is 43.3 Å². The van der Waals surface area contributed by atoms with Crippen molar-refractivity contribution in [3.63, 3.8) is 0 Å². The minimum Gasteiger partial charge on any atom is -0.467 e. The van der Waals surface area contributed by atoms with Crippen molar-refractivity contribution in [2.24, 2.45) is 0 Å². The number of aromatic nitrogens is 1. The summed E-state index contributed by atoms with van der Waals surface area (Å²) in [5.41, 5.74) is 1.93. The molecule has 4 heteroatoms. The van der Waals surface area contributed by atoms with Gasteiger partial charge in [0.15, 0.2) is 0 Å². The maximum Gasteiger partial charge on any atom is 0.327 e. The molecule has 0 fully saturated rings. The third-order valence-corrected chi connectivity index (χ3v) is 2.69. The molecule has 0 aliphatic rings. The van der Waals surface area contributed by atoms with Gasteiger partial charge in [0.05, 0.1) is 7.11 Å². The summed E-state index contributed by atoms with van der Waals surface area (Å²) >= 11 is 0. The summed E-state index contributed by atoms with van der Waals surface area (Å²) in [4.78, 5) is 11.3. The van der Waals surface area contributed by atoms with Crippen molar-refractivity contribution in [3.8, 4) is 5.69 Å². The number of benzene rings is 1. The predicted molar refractivity (Wildman–Crippen MR) is 70.9 cm³/mol. The fourth-order valence-electron chi connectivity index (χ4n) is 1.75. The molecule has 0 radical (unpaired) electrons. The van der Waals surface area contributed by atoms with Crippen LogP contribution in [-0.2, 0) is 9.53 Å². The highest BCUT2D eigenvalue weighted by atomic mass is 16.5. The first-order chi connectivity index (χ1) is 8.70. The number of rotatable bonds is 4. The molecule has 0 spiro atoms. The van der Waals surface area contributed by atoms with E-state index >= 15 is 0 Å². The minimum absolute atomic E-state index is 0.277. The van der Waals surface area contributed by atoms with Crippen LogP contribution in [0.4, 0.5) is 5.69 Å². The van der Waals surface area contributed by atoms with E-state index in [1.165, 1.54) is 7.11 Å². The van der Waals surface area contributed by atoms with E-state index in [0.29, 0.717) is 0 Å². The van der Waals surface area contributed by atoms with Crippen LogP contribution in [-0.4, -0.2) is 23.7 Å². The van der Waals surface area contributed by atoms with Crippen LogP contribution in [0, 0.1) is 0 Å².